The average Bonchev–Trinajstić information content (AvgIpc) is 3.45. The summed E-state index contributed by atoms with van der Waals surface area (Å²) in [7, 11) is 2.04. The molecule has 0 aliphatic carbocycles. The van der Waals surface area contributed by atoms with E-state index in [9.17, 15) is 9.18 Å². The van der Waals surface area contributed by atoms with Crippen molar-refractivity contribution in [2.45, 2.75) is 13.5 Å². The normalized spacial score (nSPS) is 14.7. The van der Waals surface area contributed by atoms with Crippen molar-refractivity contribution < 1.29 is 13.9 Å². The van der Waals surface area contributed by atoms with E-state index in [4.69, 9.17) is 9.72 Å². The number of carbonyl (C=O) groups excluding carboxylic acids is 1. The number of hydrogen-bond donors (Lipinski definition) is 1. The molecule has 0 bridgehead atoms. The number of aryl methyl sites for hydroxylation is 1. The summed E-state index contributed by atoms with van der Waals surface area (Å²) in [4.78, 5) is 26.4. The number of amides is 1. The zero-order valence-corrected chi connectivity index (χ0v) is 19.0. The van der Waals surface area contributed by atoms with Crippen molar-refractivity contribution in [3.8, 4) is 21.8 Å². The minimum Gasteiger partial charge on any atom is -0.442 e. The van der Waals surface area contributed by atoms with Crippen LogP contribution in [-0.2, 0) is 11.3 Å². The molecule has 1 amide bonds. The largest absolute Gasteiger partial charge is 0.442 e. The maximum Gasteiger partial charge on any atom is 0.410 e. The zero-order valence-electron chi connectivity index (χ0n) is 18.2. The van der Waals surface area contributed by atoms with Crippen molar-refractivity contribution in [1.82, 2.24) is 35.2 Å². The maximum atomic E-state index is 14.4. The Morgan fingerprint density at radius 1 is 1.18 bits per heavy atom. The van der Waals surface area contributed by atoms with Crippen LogP contribution in [0.25, 0.3) is 32.9 Å². The lowest BCUT2D eigenvalue weighted by molar-refractivity contribution is 0.0768. The Kier molecular flexibility index (Phi) is 5.73. The number of halogens is 1. The molecule has 3 aromatic heterocycles. The summed E-state index contributed by atoms with van der Waals surface area (Å²) in [5, 5.41) is 10.8. The lowest BCUT2D eigenvalue weighted by Crippen LogP contribution is -2.47. The van der Waals surface area contributed by atoms with Crippen LogP contribution in [0.1, 0.15) is 10.7 Å². The Morgan fingerprint density at radius 2 is 1.97 bits per heavy atom. The standard InChI is InChI=1S/C22H22FN7O2S/c1-13-21(33-19(24-13)12-32-22(31)30-8-6-29(2)7-9-30)17-5-3-4-16(25-17)14-10-15(23)20-18(11-14)26-28-27-20/h3-5,10-11H,6-9,12H2,1-2H3,(H,26,27,28). The van der Waals surface area contributed by atoms with Crippen LogP contribution in [0.4, 0.5) is 9.18 Å². The molecule has 0 atom stereocenters. The molecule has 9 nitrogen and oxygen atoms in total. The molecule has 4 heterocycles. The molecule has 1 aliphatic rings. The number of hydrogen-bond acceptors (Lipinski definition) is 8. The number of nitrogens with one attached hydrogen (secondary N) is 1. The first-order valence-corrected chi connectivity index (χ1v) is 11.3. The third-order valence-electron chi connectivity index (χ3n) is 5.58. The van der Waals surface area contributed by atoms with Crippen molar-refractivity contribution in [1.29, 1.82) is 0 Å². The molecule has 0 radical (unpaired) electrons. The first-order valence-electron chi connectivity index (χ1n) is 10.5. The summed E-state index contributed by atoms with van der Waals surface area (Å²) in [5.41, 5.74) is 3.48. The van der Waals surface area contributed by atoms with E-state index in [-0.39, 0.29) is 18.2 Å². The molecular weight excluding hydrogens is 445 g/mol. The van der Waals surface area contributed by atoms with E-state index >= 15 is 0 Å². The van der Waals surface area contributed by atoms with Crippen molar-refractivity contribution in [3.63, 3.8) is 0 Å². The zero-order chi connectivity index (χ0) is 22.9. The Balaban J connectivity index is 1.33. The maximum absolute atomic E-state index is 14.4. The van der Waals surface area contributed by atoms with E-state index in [1.807, 2.05) is 32.2 Å². The van der Waals surface area contributed by atoms with E-state index in [1.165, 1.54) is 17.4 Å². The first-order chi connectivity index (χ1) is 16.0. The van der Waals surface area contributed by atoms with Gasteiger partial charge in [-0.05, 0) is 38.2 Å². The fraction of sp³-hybridized carbons (Fsp3) is 0.318. The number of rotatable bonds is 4. The summed E-state index contributed by atoms with van der Waals surface area (Å²) >= 11 is 1.43. The molecule has 1 N–H and O–H groups in total. The number of ether oxygens (including phenoxy) is 1. The van der Waals surface area contributed by atoms with Gasteiger partial charge in [0.1, 0.15) is 17.1 Å². The molecule has 5 rings (SSSR count). The number of carbonyl (C=O) groups is 1. The molecule has 0 spiro atoms. The summed E-state index contributed by atoms with van der Waals surface area (Å²) in [6.45, 7) is 5.01. The number of nitrogens with zero attached hydrogens (tertiary/aromatic N) is 6. The van der Waals surface area contributed by atoms with Gasteiger partial charge in [0, 0.05) is 31.7 Å². The van der Waals surface area contributed by atoms with Gasteiger partial charge in [-0.1, -0.05) is 11.3 Å². The minimum atomic E-state index is -0.457. The number of H-pyrrole nitrogens is 1. The lowest BCUT2D eigenvalue weighted by atomic mass is 10.1. The lowest BCUT2D eigenvalue weighted by Gasteiger charge is -2.31. The van der Waals surface area contributed by atoms with Gasteiger partial charge in [0.25, 0.3) is 0 Å². The highest BCUT2D eigenvalue weighted by Gasteiger charge is 2.21. The van der Waals surface area contributed by atoms with Crippen LogP contribution in [0, 0.1) is 12.7 Å². The molecule has 1 aliphatic heterocycles. The predicted octanol–water partition coefficient (Wildman–Crippen LogP) is 3.47. The number of pyridine rings is 1. The van der Waals surface area contributed by atoms with Gasteiger partial charge in [0.2, 0.25) is 0 Å². The quantitative estimate of drug-likeness (QED) is 0.490. The summed E-state index contributed by atoms with van der Waals surface area (Å²) in [5.74, 6) is -0.457. The summed E-state index contributed by atoms with van der Waals surface area (Å²) in [6.07, 6.45) is -0.316. The first kappa shape index (κ1) is 21.4. The number of aromatic amines is 1. The van der Waals surface area contributed by atoms with Crippen LogP contribution >= 0.6 is 11.3 Å². The Bertz CT molecular complexity index is 1310. The van der Waals surface area contributed by atoms with Crippen LogP contribution in [0.5, 0.6) is 0 Å². The van der Waals surface area contributed by atoms with Gasteiger partial charge in [-0.3, -0.25) is 5.10 Å². The second kappa shape index (κ2) is 8.83. The van der Waals surface area contributed by atoms with E-state index in [0.29, 0.717) is 34.9 Å². The number of fused-ring (bicyclic) bond motifs is 1. The van der Waals surface area contributed by atoms with Crippen molar-refractivity contribution in [2.75, 3.05) is 33.2 Å². The molecule has 4 aromatic rings. The molecular formula is C22H22FN7O2S. The highest BCUT2D eigenvalue weighted by Crippen LogP contribution is 2.31. The molecule has 1 fully saturated rings. The third-order valence-corrected chi connectivity index (χ3v) is 6.74. The van der Waals surface area contributed by atoms with Gasteiger partial charge in [0.15, 0.2) is 5.82 Å². The number of thiazole rings is 1. The van der Waals surface area contributed by atoms with Gasteiger partial charge in [-0.2, -0.15) is 0 Å². The molecule has 170 valence electrons. The van der Waals surface area contributed by atoms with Crippen molar-refractivity contribution in [3.05, 3.63) is 46.9 Å². The number of piperazine rings is 1. The molecule has 0 unspecified atom stereocenters. The summed E-state index contributed by atoms with van der Waals surface area (Å²) < 4.78 is 19.8. The van der Waals surface area contributed by atoms with E-state index in [2.05, 4.69) is 25.3 Å². The Hall–Kier alpha value is -3.44. The number of aromatic nitrogens is 5. The van der Waals surface area contributed by atoms with Gasteiger partial charge < -0.3 is 14.5 Å². The number of likely N-dealkylation sites (N-methyl/N-ethyl adjacent to an activating group) is 1. The predicted molar refractivity (Wildman–Crippen MR) is 122 cm³/mol. The van der Waals surface area contributed by atoms with Crippen LogP contribution < -0.4 is 0 Å². The van der Waals surface area contributed by atoms with Crippen LogP contribution in [0.2, 0.25) is 0 Å². The topological polar surface area (TPSA) is 100 Å². The minimum absolute atomic E-state index is 0.116. The van der Waals surface area contributed by atoms with Crippen molar-refractivity contribution in [2.24, 2.45) is 0 Å². The van der Waals surface area contributed by atoms with Gasteiger partial charge >= 0.3 is 6.09 Å². The van der Waals surface area contributed by atoms with Gasteiger partial charge in [-0.25, -0.2) is 19.2 Å². The average molecular weight is 468 g/mol. The van der Waals surface area contributed by atoms with Crippen LogP contribution in [-0.4, -0.2) is 74.5 Å². The van der Waals surface area contributed by atoms with Gasteiger partial charge in [0.05, 0.1) is 27.5 Å². The van der Waals surface area contributed by atoms with Crippen molar-refractivity contribution >= 4 is 28.5 Å². The Labute approximate surface area is 193 Å². The monoisotopic (exact) mass is 467 g/mol. The van der Waals surface area contributed by atoms with Crippen LogP contribution in [0.15, 0.2) is 30.3 Å². The molecule has 33 heavy (non-hydrogen) atoms. The molecule has 1 saturated heterocycles. The van der Waals surface area contributed by atoms with E-state index < -0.39 is 5.82 Å². The SMILES string of the molecule is Cc1nc(COC(=O)N2CCN(C)CC2)sc1-c1cccc(-c2cc(F)c3nn[nH]c3c2)n1. The van der Waals surface area contributed by atoms with Crippen LogP contribution in [0.3, 0.4) is 0 Å². The second-order valence-corrected chi connectivity index (χ2v) is 9.02. The summed E-state index contributed by atoms with van der Waals surface area (Å²) in [6, 6.07) is 8.75. The van der Waals surface area contributed by atoms with E-state index in [1.54, 1.807) is 11.0 Å². The number of benzene rings is 1. The molecule has 0 saturated carbocycles. The Morgan fingerprint density at radius 3 is 2.79 bits per heavy atom. The fourth-order valence-corrected chi connectivity index (χ4v) is 4.69. The molecule has 1 aromatic carbocycles. The molecule has 11 heteroatoms. The smallest absolute Gasteiger partial charge is 0.410 e. The van der Waals surface area contributed by atoms with Gasteiger partial charge in [-0.15, -0.1) is 16.4 Å². The highest BCUT2D eigenvalue weighted by molar-refractivity contribution is 7.15. The third kappa shape index (κ3) is 4.41. The highest BCUT2D eigenvalue weighted by atomic mass is 32.1. The van der Waals surface area contributed by atoms with E-state index in [0.717, 1.165) is 29.4 Å². The second-order valence-electron chi connectivity index (χ2n) is 7.94. The fourth-order valence-electron chi connectivity index (χ4n) is 3.74.